The first-order chi connectivity index (χ1) is 7.31. The van der Waals surface area contributed by atoms with E-state index in [9.17, 15) is 0 Å². The van der Waals surface area contributed by atoms with Gasteiger partial charge in [-0.15, -0.1) is 0 Å². The largest absolute Gasteiger partial charge is 0.497 e. The zero-order valence-corrected chi connectivity index (χ0v) is 11.1. The van der Waals surface area contributed by atoms with Gasteiger partial charge in [0, 0.05) is 9.61 Å². The highest BCUT2D eigenvalue weighted by atomic mass is 127. The molecule has 3 heteroatoms. The second kappa shape index (κ2) is 5.16. The fourth-order valence-corrected chi connectivity index (χ4v) is 2.90. The van der Waals surface area contributed by atoms with Crippen LogP contribution in [0.1, 0.15) is 30.9 Å². The van der Waals surface area contributed by atoms with E-state index < -0.39 is 0 Å². The Morgan fingerprint density at radius 2 is 2.27 bits per heavy atom. The molecule has 0 unspecified atom stereocenters. The van der Waals surface area contributed by atoms with E-state index in [4.69, 9.17) is 4.74 Å². The molecule has 1 N–H and O–H groups in total. The second-order valence-corrected chi connectivity index (χ2v) is 5.05. The Kier molecular flexibility index (Phi) is 3.86. The monoisotopic (exact) mass is 317 g/mol. The predicted molar refractivity (Wildman–Crippen MR) is 70.3 cm³/mol. The summed E-state index contributed by atoms with van der Waals surface area (Å²) in [6, 6.07) is 6.88. The number of nitrogens with one attached hydrogen (secondary N) is 1. The van der Waals surface area contributed by atoms with Gasteiger partial charge in [-0.25, -0.2) is 0 Å². The molecule has 15 heavy (non-hydrogen) atoms. The lowest BCUT2D eigenvalue weighted by atomic mass is 9.97. The van der Waals surface area contributed by atoms with Crippen molar-refractivity contribution in [3.63, 3.8) is 0 Å². The van der Waals surface area contributed by atoms with E-state index in [1.54, 1.807) is 7.11 Å². The van der Waals surface area contributed by atoms with Crippen LogP contribution in [-0.2, 0) is 0 Å². The Balaban J connectivity index is 2.19. The number of hydrogen-bond acceptors (Lipinski definition) is 2. The van der Waals surface area contributed by atoms with Gasteiger partial charge in [0.05, 0.1) is 7.11 Å². The SMILES string of the molecule is COc1ccc([C@@H]2CCCCN2)c(I)c1. The van der Waals surface area contributed by atoms with Crippen molar-refractivity contribution in [1.29, 1.82) is 0 Å². The second-order valence-electron chi connectivity index (χ2n) is 3.89. The number of piperidine rings is 1. The number of methoxy groups -OCH3 is 1. The third-order valence-corrected chi connectivity index (χ3v) is 3.83. The van der Waals surface area contributed by atoms with Gasteiger partial charge in [0.1, 0.15) is 5.75 Å². The van der Waals surface area contributed by atoms with E-state index in [0.29, 0.717) is 6.04 Å². The van der Waals surface area contributed by atoms with Crippen molar-refractivity contribution < 1.29 is 4.74 Å². The van der Waals surface area contributed by atoms with E-state index >= 15 is 0 Å². The highest BCUT2D eigenvalue weighted by molar-refractivity contribution is 14.1. The van der Waals surface area contributed by atoms with Gasteiger partial charge in [-0.2, -0.15) is 0 Å². The zero-order valence-electron chi connectivity index (χ0n) is 8.92. The van der Waals surface area contributed by atoms with Crippen LogP contribution in [0.2, 0.25) is 0 Å². The number of hydrogen-bond donors (Lipinski definition) is 1. The van der Waals surface area contributed by atoms with E-state index in [1.807, 2.05) is 6.07 Å². The number of halogens is 1. The van der Waals surface area contributed by atoms with Crippen LogP contribution in [0.25, 0.3) is 0 Å². The Morgan fingerprint density at radius 3 is 2.87 bits per heavy atom. The van der Waals surface area contributed by atoms with Crippen molar-refractivity contribution in [2.24, 2.45) is 0 Å². The van der Waals surface area contributed by atoms with Crippen LogP contribution in [0.3, 0.4) is 0 Å². The topological polar surface area (TPSA) is 21.3 Å². The average Bonchev–Trinajstić information content (AvgIpc) is 2.30. The molecule has 1 aromatic rings. The van der Waals surface area contributed by atoms with Gasteiger partial charge < -0.3 is 10.1 Å². The molecular formula is C12H16INO. The maximum Gasteiger partial charge on any atom is 0.119 e. The summed E-state index contributed by atoms with van der Waals surface area (Å²) in [6.07, 6.45) is 3.89. The lowest BCUT2D eigenvalue weighted by Gasteiger charge is -2.25. The van der Waals surface area contributed by atoms with Crippen molar-refractivity contribution in [2.45, 2.75) is 25.3 Å². The number of ether oxygens (including phenoxy) is 1. The van der Waals surface area contributed by atoms with Crippen LogP contribution in [0.4, 0.5) is 0 Å². The molecule has 1 aliphatic heterocycles. The molecule has 0 aliphatic carbocycles. The van der Waals surface area contributed by atoms with Crippen LogP contribution in [-0.4, -0.2) is 13.7 Å². The summed E-state index contributed by atoms with van der Waals surface area (Å²) in [5.41, 5.74) is 1.41. The van der Waals surface area contributed by atoms with Crippen LogP contribution in [0, 0.1) is 3.57 Å². The minimum absolute atomic E-state index is 0.538. The van der Waals surface area contributed by atoms with Gasteiger partial charge in [-0.1, -0.05) is 12.5 Å². The Bertz CT molecular complexity index is 334. The predicted octanol–water partition coefficient (Wildman–Crippen LogP) is 3.11. The molecule has 0 spiro atoms. The normalized spacial score (nSPS) is 21.3. The quantitative estimate of drug-likeness (QED) is 0.846. The molecule has 1 fully saturated rings. The highest BCUT2D eigenvalue weighted by Gasteiger charge is 2.16. The summed E-state index contributed by atoms with van der Waals surface area (Å²) in [5.74, 6) is 0.943. The summed E-state index contributed by atoms with van der Waals surface area (Å²) in [7, 11) is 1.71. The summed E-state index contributed by atoms with van der Waals surface area (Å²) in [5, 5.41) is 3.57. The third-order valence-electron chi connectivity index (χ3n) is 2.89. The Morgan fingerprint density at radius 1 is 1.40 bits per heavy atom. The molecule has 1 aliphatic rings. The summed E-state index contributed by atoms with van der Waals surface area (Å²) < 4.78 is 6.51. The first kappa shape index (κ1) is 11.2. The molecular weight excluding hydrogens is 301 g/mol. The number of benzene rings is 1. The van der Waals surface area contributed by atoms with Crippen molar-refractivity contribution in [3.8, 4) is 5.75 Å². The van der Waals surface area contributed by atoms with Crippen LogP contribution >= 0.6 is 22.6 Å². The summed E-state index contributed by atoms with van der Waals surface area (Å²) in [4.78, 5) is 0. The van der Waals surface area contributed by atoms with E-state index in [-0.39, 0.29) is 0 Å². The van der Waals surface area contributed by atoms with Gasteiger partial charge in [0.15, 0.2) is 0 Å². The zero-order chi connectivity index (χ0) is 10.7. The average molecular weight is 317 g/mol. The van der Waals surface area contributed by atoms with Crippen LogP contribution in [0.15, 0.2) is 18.2 Å². The van der Waals surface area contributed by atoms with Crippen molar-refractivity contribution in [1.82, 2.24) is 5.32 Å². The van der Waals surface area contributed by atoms with Crippen molar-refractivity contribution in [3.05, 3.63) is 27.3 Å². The fraction of sp³-hybridized carbons (Fsp3) is 0.500. The lowest BCUT2D eigenvalue weighted by molar-refractivity contribution is 0.404. The lowest BCUT2D eigenvalue weighted by Crippen LogP contribution is -2.27. The first-order valence-electron chi connectivity index (χ1n) is 5.38. The minimum Gasteiger partial charge on any atom is -0.497 e. The first-order valence-corrected chi connectivity index (χ1v) is 6.46. The maximum atomic E-state index is 5.21. The van der Waals surface area contributed by atoms with Gasteiger partial charge in [0.2, 0.25) is 0 Å². The highest BCUT2D eigenvalue weighted by Crippen LogP contribution is 2.29. The Hall–Kier alpha value is -0.290. The molecule has 1 aromatic carbocycles. The van der Waals surface area contributed by atoms with E-state index in [0.717, 1.165) is 12.3 Å². The molecule has 2 rings (SSSR count). The van der Waals surface area contributed by atoms with Crippen LogP contribution < -0.4 is 10.1 Å². The fourth-order valence-electron chi connectivity index (χ4n) is 2.03. The van der Waals surface area contributed by atoms with E-state index in [1.165, 1.54) is 28.4 Å². The molecule has 0 bridgehead atoms. The van der Waals surface area contributed by atoms with E-state index in [2.05, 4.69) is 40.0 Å². The standard InChI is InChI=1S/C12H16INO/c1-15-9-5-6-10(11(13)8-9)12-4-2-3-7-14-12/h5-6,8,12,14H,2-4,7H2,1H3/t12-/m0/s1. The van der Waals surface area contributed by atoms with Crippen molar-refractivity contribution in [2.75, 3.05) is 13.7 Å². The molecule has 82 valence electrons. The molecule has 0 saturated carbocycles. The van der Waals surface area contributed by atoms with Crippen LogP contribution in [0.5, 0.6) is 5.75 Å². The molecule has 0 radical (unpaired) electrons. The molecule has 0 aromatic heterocycles. The number of rotatable bonds is 2. The minimum atomic E-state index is 0.538. The third kappa shape index (κ3) is 2.64. The van der Waals surface area contributed by atoms with Gasteiger partial charge in [0.25, 0.3) is 0 Å². The molecule has 1 atom stereocenters. The smallest absolute Gasteiger partial charge is 0.119 e. The summed E-state index contributed by atoms with van der Waals surface area (Å²) in [6.45, 7) is 1.15. The van der Waals surface area contributed by atoms with Gasteiger partial charge in [-0.05, 0) is 59.7 Å². The summed E-state index contributed by atoms with van der Waals surface area (Å²) >= 11 is 2.39. The van der Waals surface area contributed by atoms with Crippen molar-refractivity contribution >= 4 is 22.6 Å². The molecule has 1 saturated heterocycles. The Labute approximate surface area is 105 Å². The molecule has 0 amide bonds. The maximum absolute atomic E-state index is 5.21. The molecule has 2 nitrogen and oxygen atoms in total. The van der Waals surface area contributed by atoms with Gasteiger partial charge >= 0.3 is 0 Å². The molecule has 1 heterocycles. The van der Waals surface area contributed by atoms with Gasteiger partial charge in [-0.3, -0.25) is 0 Å².